The van der Waals surface area contributed by atoms with Gasteiger partial charge in [-0.15, -0.1) is 0 Å². The summed E-state index contributed by atoms with van der Waals surface area (Å²) in [4.78, 5) is -0.664. The first kappa shape index (κ1) is 17.2. The van der Waals surface area contributed by atoms with Crippen LogP contribution in [0.4, 0.5) is 5.69 Å². The van der Waals surface area contributed by atoms with Crippen LogP contribution in [0.5, 0.6) is 0 Å². The summed E-state index contributed by atoms with van der Waals surface area (Å²) in [5.41, 5.74) is 1.96. The number of anilines is 1. The van der Waals surface area contributed by atoms with Crippen molar-refractivity contribution in [2.75, 3.05) is 5.32 Å². The molecular weight excluding hydrogens is 374 g/mol. The van der Waals surface area contributed by atoms with Gasteiger partial charge in [0.05, 0.1) is 10.7 Å². The van der Waals surface area contributed by atoms with Crippen LogP contribution in [-0.2, 0) is 20.0 Å². The fourth-order valence-corrected chi connectivity index (χ4v) is 4.89. The Morgan fingerprint density at radius 1 is 1.17 bits per heavy atom. The van der Waals surface area contributed by atoms with Gasteiger partial charge in [-0.05, 0) is 24.6 Å². The number of hydrogen-bond acceptors (Lipinski definition) is 5. The molecule has 0 amide bonds. The molecule has 0 aliphatic carbocycles. The van der Waals surface area contributed by atoms with E-state index in [1.54, 1.807) is 12.1 Å². The molecule has 24 heavy (non-hydrogen) atoms. The summed E-state index contributed by atoms with van der Waals surface area (Å²) in [6.07, 6.45) is -0.695. The molecule has 3 rings (SSSR count). The first-order valence-corrected chi connectivity index (χ1v) is 10.2. The van der Waals surface area contributed by atoms with Gasteiger partial charge in [-0.25, -0.2) is 22.0 Å². The van der Waals surface area contributed by atoms with E-state index in [9.17, 15) is 16.8 Å². The second-order valence-electron chi connectivity index (χ2n) is 5.43. The van der Waals surface area contributed by atoms with Gasteiger partial charge in [0.25, 0.3) is 0 Å². The van der Waals surface area contributed by atoms with Crippen LogP contribution in [0.2, 0.25) is 5.02 Å². The number of nitrogens with two attached hydrogens (primary N) is 1. The van der Waals surface area contributed by atoms with Gasteiger partial charge in [0.1, 0.15) is 16.0 Å². The van der Waals surface area contributed by atoms with E-state index < -0.39 is 31.1 Å². The number of nitrogens with one attached hydrogen (secondary N) is 2. The Bertz CT molecular complexity index is 1020. The molecule has 1 heterocycles. The first-order valence-electron chi connectivity index (χ1n) is 6.80. The zero-order chi connectivity index (χ0) is 17.7. The van der Waals surface area contributed by atoms with E-state index in [0.717, 1.165) is 11.6 Å². The Morgan fingerprint density at radius 2 is 1.79 bits per heavy atom. The first-order chi connectivity index (χ1) is 11.1. The van der Waals surface area contributed by atoms with Crippen LogP contribution < -0.4 is 15.2 Å². The Morgan fingerprint density at radius 3 is 2.38 bits per heavy atom. The van der Waals surface area contributed by atoms with Gasteiger partial charge in [-0.1, -0.05) is 41.4 Å². The maximum absolute atomic E-state index is 12.5. The number of hydrogen-bond donors (Lipinski definition) is 3. The molecule has 0 fully saturated rings. The van der Waals surface area contributed by atoms with E-state index in [0.29, 0.717) is 5.56 Å². The normalized spacial score (nSPS) is 19.4. The summed E-state index contributed by atoms with van der Waals surface area (Å²) in [6.45, 7) is 1.92. The van der Waals surface area contributed by atoms with Crippen LogP contribution in [0.15, 0.2) is 46.2 Å². The van der Waals surface area contributed by atoms with Crippen molar-refractivity contribution < 1.29 is 16.8 Å². The zero-order valence-corrected chi connectivity index (χ0v) is 14.8. The number of aryl methyl sites for hydroxylation is 1. The summed E-state index contributed by atoms with van der Waals surface area (Å²) in [5.74, 6) is 0. The Hall–Kier alpha value is -1.65. The van der Waals surface area contributed by atoms with Crippen molar-refractivity contribution in [1.82, 2.24) is 4.72 Å². The molecule has 2 aromatic carbocycles. The SMILES string of the molecule is Cc1ccc([C@H]2Nc3cc(Cl)c(S(N)(=O)=O)cc3S(=O)(=O)N2)cc1. The summed E-state index contributed by atoms with van der Waals surface area (Å²) < 4.78 is 50.5. The van der Waals surface area contributed by atoms with E-state index in [1.165, 1.54) is 6.07 Å². The van der Waals surface area contributed by atoms with E-state index >= 15 is 0 Å². The molecule has 10 heteroatoms. The summed E-state index contributed by atoms with van der Waals surface area (Å²) >= 11 is 5.94. The fourth-order valence-electron chi connectivity index (χ4n) is 2.40. The molecule has 0 aromatic heterocycles. The third-order valence-corrected chi connectivity index (χ3v) is 6.45. The van der Waals surface area contributed by atoms with Crippen molar-refractivity contribution in [3.63, 3.8) is 0 Å². The summed E-state index contributed by atoms with van der Waals surface area (Å²) in [5, 5.41) is 7.91. The van der Waals surface area contributed by atoms with Crippen molar-refractivity contribution >= 4 is 37.3 Å². The summed E-state index contributed by atoms with van der Waals surface area (Å²) in [7, 11) is -8.08. The predicted molar refractivity (Wildman–Crippen MR) is 90.7 cm³/mol. The van der Waals surface area contributed by atoms with Crippen molar-refractivity contribution in [3.8, 4) is 0 Å². The highest BCUT2D eigenvalue weighted by Gasteiger charge is 2.32. The average Bonchev–Trinajstić information content (AvgIpc) is 2.45. The van der Waals surface area contributed by atoms with Gasteiger partial charge in [0.2, 0.25) is 20.0 Å². The minimum atomic E-state index is -4.14. The van der Waals surface area contributed by atoms with Gasteiger partial charge in [0.15, 0.2) is 0 Å². The molecule has 7 nitrogen and oxygen atoms in total. The van der Waals surface area contributed by atoms with Crippen LogP contribution in [0, 0.1) is 6.92 Å². The number of primary sulfonamides is 1. The maximum Gasteiger partial charge on any atom is 0.244 e. The van der Waals surface area contributed by atoms with E-state index in [4.69, 9.17) is 16.7 Å². The molecule has 1 aliphatic heterocycles. The largest absolute Gasteiger partial charge is 0.364 e. The fraction of sp³-hybridized carbons (Fsp3) is 0.143. The smallest absolute Gasteiger partial charge is 0.244 e. The minimum absolute atomic E-state index is 0.150. The summed E-state index contributed by atoms with van der Waals surface area (Å²) in [6, 6.07) is 9.50. The number of halogens is 1. The molecular formula is C14H14ClN3O4S2. The molecule has 128 valence electrons. The van der Waals surface area contributed by atoms with Crippen molar-refractivity contribution in [2.24, 2.45) is 5.14 Å². The standard InChI is InChI=1S/C14H14ClN3O4S2/c1-8-2-4-9(5-3-8)14-17-11-6-10(15)12(23(16,19)20)7-13(11)24(21,22)18-14/h2-7,14,17-18H,1H3,(H2,16,19,20)/t14-/m0/s1. The maximum atomic E-state index is 12.5. The lowest BCUT2D eigenvalue weighted by atomic mass is 10.1. The lowest BCUT2D eigenvalue weighted by Gasteiger charge is -2.29. The molecule has 0 saturated carbocycles. The molecule has 1 atom stereocenters. The lowest BCUT2D eigenvalue weighted by Crippen LogP contribution is -2.38. The molecule has 0 radical (unpaired) electrons. The predicted octanol–water partition coefficient (Wildman–Crippen LogP) is 1.70. The minimum Gasteiger partial charge on any atom is -0.364 e. The number of benzene rings is 2. The van der Waals surface area contributed by atoms with Crippen molar-refractivity contribution in [1.29, 1.82) is 0 Å². The highest BCUT2D eigenvalue weighted by molar-refractivity contribution is 7.90. The van der Waals surface area contributed by atoms with Crippen molar-refractivity contribution in [3.05, 3.63) is 52.5 Å². The Kier molecular flexibility index (Phi) is 4.09. The molecule has 4 N–H and O–H groups in total. The third-order valence-electron chi connectivity index (χ3n) is 3.61. The zero-order valence-electron chi connectivity index (χ0n) is 12.4. The number of sulfonamides is 2. The highest BCUT2D eigenvalue weighted by atomic mass is 35.5. The molecule has 0 bridgehead atoms. The third kappa shape index (κ3) is 3.13. The van der Waals surface area contributed by atoms with E-state index in [1.807, 2.05) is 19.1 Å². The second-order valence-corrected chi connectivity index (χ2v) is 9.05. The van der Waals surface area contributed by atoms with Gasteiger partial charge >= 0.3 is 0 Å². The number of fused-ring (bicyclic) bond motifs is 1. The van der Waals surface area contributed by atoms with Gasteiger partial charge < -0.3 is 5.32 Å². The van der Waals surface area contributed by atoms with Gasteiger partial charge in [-0.3, -0.25) is 0 Å². The highest BCUT2D eigenvalue weighted by Crippen LogP contribution is 2.36. The van der Waals surface area contributed by atoms with Crippen molar-refractivity contribution in [2.45, 2.75) is 22.9 Å². The lowest BCUT2D eigenvalue weighted by molar-refractivity contribution is 0.562. The van der Waals surface area contributed by atoms with Gasteiger partial charge in [0, 0.05) is 0 Å². The average molecular weight is 388 g/mol. The van der Waals surface area contributed by atoms with Crippen LogP contribution in [0.1, 0.15) is 17.3 Å². The molecule has 0 spiro atoms. The molecule has 0 unspecified atom stereocenters. The molecule has 0 saturated heterocycles. The van der Waals surface area contributed by atoms with E-state index in [-0.39, 0.29) is 15.6 Å². The topological polar surface area (TPSA) is 118 Å². The van der Waals surface area contributed by atoms with Crippen LogP contribution >= 0.6 is 11.6 Å². The molecule has 2 aromatic rings. The number of rotatable bonds is 2. The Balaban J connectivity index is 2.12. The van der Waals surface area contributed by atoms with Crippen LogP contribution in [0.25, 0.3) is 0 Å². The van der Waals surface area contributed by atoms with E-state index in [2.05, 4.69) is 10.0 Å². The second kappa shape index (κ2) is 5.71. The Labute approximate surface area is 144 Å². The van der Waals surface area contributed by atoms with Gasteiger partial charge in [-0.2, -0.15) is 4.72 Å². The quantitative estimate of drug-likeness (QED) is 0.724. The van der Waals surface area contributed by atoms with Crippen LogP contribution in [-0.4, -0.2) is 16.8 Å². The molecule has 1 aliphatic rings. The van der Waals surface area contributed by atoms with Crippen LogP contribution in [0.3, 0.4) is 0 Å². The monoisotopic (exact) mass is 387 g/mol.